The zero-order valence-corrected chi connectivity index (χ0v) is 14.2. The van der Waals surface area contributed by atoms with E-state index in [4.69, 9.17) is 4.74 Å². The van der Waals surface area contributed by atoms with Gasteiger partial charge in [0.2, 0.25) is 0 Å². The summed E-state index contributed by atoms with van der Waals surface area (Å²) in [6.07, 6.45) is 5.31. The van der Waals surface area contributed by atoms with Gasteiger partial charge in [0.1, 0.15) is 0 Å². The third-order valence-corrected chi connectivity index (χ3v) is 4.70. The minimum Gasteiger partial charge on any atom is -0.378 e. The first-order chi connectivity index (χ1) is 9.66. The molecule has 1 aliphatic rings. The molecular weight excluding hydrogens is 314 g/mol. The summed E-state index contributed by atoms with van der Waals surface area (Å²) in [4.78, 5) is 0. The fraction of sp³-hybridized carbons (Fsp3) is 0.647. The van der Waals surface area contributed by atoms with Crippen LogP contribution in [0.25, 0.3) is 0 Å². The van der Waals surface area contributed by atoms with Gasteiger partial charge in [0.05, 0.1) is 6.10 Å². The summed E-state index contributed by atoms with van der Waals surface area (Å²) < 4.78 is 6.99. The Morgan fingerprint density at radius 2 is 2.15 bits per heavy atom. The lowest BCUT2D eigenvalue weighted by Gasteiger charge is -2.22. The molecular formula is C17H26BrNO. The van der Waals surface area contributed by atoms with E-state index in [1.807, 2.05) is 0 Å². The summed E-state index contributed by atoms with van der Waals surface area (Å²) in [5.41, 5.74) is 1.42. The van der Waals surface area contributed by atoms with Gasteiger partial charge in [0, 0.05) is 23.7 Å². The first kappa shape index (κ1) is 16.0. The zero-order chi connectivity index (χ0) is 14.4. The van der Waals surface area contributed by atoms with E-state index in [2.05, 4.69) is 59.4 Å². The summed E-state index contributed by atoms with van der Waals surface area (Å²) >= 11 is 3.70. The number of benzene rings is 1. The molecule has 0 spiro atoms. The van der Waals surface area contributed by atoms with Crippen LogP contribution >= 0.6 is 15.9 Å². The molecule has 0 aromatic heterocycles. The molecule has 2 atom stereocenters. The van der Waals surface area contributed by atoms with Crippen molar-refractivity contribution in [3.8, 4) is 0 Å². The Labute approximate surface area is 131 Å². The van der Waals surface area contributed by atoms with Crippen molar-refractivity contribution in [1.29, 1.82) is 0 Å². The third kappa shape index (κ3) is 4.87. The van der Waals surface area contributed by atoms with Crippen molar-refractivity contribution in [1.82, 2.24) is 5.32 Å². The molecule has 1 aromatic rings. The van der Waals surface area contributed by atoms with Gasteiger partial charge in [0.15, 0.2) is 0 Å². The van der Waals surface area contributed by atoms with Crippen molar-refractivity contribution in [2.75, 3.05) is 13.2 Å². The Bertz CT molecular complexity index is 402. The molecule has 0 saturated carbocycles. The first-order valence-corrected chi connectivity index (χ1v) is 8.55. The molecule has 1 fully saturated rings. The van der Waals surface area contributed by atoms with Crippen molar-refractivity contribution in [2.24, 2.45) is 0 Å². The number of nitrogens with one attached hydrogen (secondary N) is 1. The number of rotatable bonds is 7. The molecule has 3 heteroatoms. The van der Waals surface area contributed by atoms with Gasteiger partial charge in [-0.05, 0) is 43.2 Å². The van der Waals surface area contributed by atoms with Crippen LogP contribution in [0.2, 0.25) is 0 Å². The molecule has 1 saturated heterocycles. The lowest BCUT2D eigenvalue weighted by atomic mass is 9.92. The molecule has 1 N–H and O–H groups in total. The fourth-order valence-corrected chi connectivity index (χ4v) is 3.42. The summed E-state index contributed by atoms with van der Waals surface area (Å²) in [7, 11) is 0. The molecule has 0 bridgehead atoms. The SMILES string of the molecule is CC(C)NCC(CCC1CCCO1)c1ccccc1Br. The maximum absolute atomic E-state index is 5.76. The van der Waals surface area contributed by atoms with Crippen LogP contribution in [0.5, 0.6) is 0 Å². The van der Waals surface area contributed by atoms with Crippen LogP contribution in [0.4, 0.5) is 0 Å². The summed E-state index contributed by atoms with van der Waals surface area (Å²) in [6.45, 7) is 6.40. The minimum atomic E-state index is 0.485. The van der Waals surface area contributed by atoms with Crippen LogP contribution in [0.15, 0.2) is 28.7 Å². The molecule has 1 aliphatic heterocycles. The van der Waals surface area contributed by atoms with E-state index in [1.54, 1.807) is 0 Å². The Balaban J connectivity index is 1.97. The molecule has 0 aliphatic carbocycles. The predicted octanol–water partition coefficient (Wildman–Crippen LogP) is 4.49. The number of hydrogen-bond acceptors (Lipinski definition) is 2. The van der Waals surface area contributed by atoms with E-state index in [1.165, 1.54) is 35.7 Å². The van der Waals surface area contributed by atoms with Gasteiger partial charge in [-0.25, -0.2) is 0 Å². The van der Waals surface area contributed by atoms with Crippen molar-refractivity contribution >= 4 is 15.9 Å². The van der Waals surface area contributed by atoms with E-state index >= 15 is 0 Å². The Morgan fingerprint density at radius 1 is 1.35 bits per heavy atom. The second kappa shape index (κ2) is 8.16. The number of ether oxygens (including phenoxy) is 1. The number of hydrogen-bond donors (Lipinski definition) is 1. The Hall–Kier alpha value is -0.380. The van der Waals surface area contributed by atoms with Crippen molar-refractivity contribution in [3.05, 3.63) is 34.3 Å². The smallest absolute Gasteiger partial charge is 0.0576 e. The predicted molar refractivity (Wildman–Crippen MR) is 88.2 cm³/mol. The van der Waals surface area contributed by atoms with Gasteiger partial charge in [-0.3, -0.25) is 0 Å². The summed E-state index contributed by atoms with van der Waals surface area (Å²) in [5, 5.41) is 3.59. The van der Waals surface area contributed by atoms with E-state index in [0.29, 0.717) is 18.1 Å². The second-order valence-corrected chi connectivity index (χ2v) is 6.85. The fourth-order valence-electron chi connectivity index (χ4n) is 2.81. The van der Waals surface area contributed by atoms with Crippen LogP contribution in [0.1, 0.15) is 51.0 Å². The largest absolute Gasteiger partial charge is 0.378 e. The average Bonchev–Trinajstić information content (AvgIpc) is 2.93. The topological polar surface area (TPSA) is 21.3 Å². The summed E-state index contributed by atoms with van der Waals surface area (Å²) in [5.74, 6) is 0.553. The van der Waals surface area contributed by atoms with E-state index < -0.39 is 0 Å². The molecule has 0 radical (unpaired) electrons. The monoisotopic (exact) mass is 339 g/mol. The van der Waals surface area contributed by atoms with Gasteiger partial charge in [-0.1, -0.05) is 48.0 Å². The quantitative estimate of drug-likeness (QED) is 0.790. The van der Waals surface area contributed by atoms with Crippen LogP contribution < -0.4 is 5.32 Å². The standard InChI is InChI=1S/C17H26BrNO/c1-13(2)19-12-14(9-10-15-6-5-11-20-15)16-7-3-4-8-17(16)18/h3-4,7-8,13-15,19H,5-6,9-12H2,1-2H3. The molecule has 1 heterocycles. The molecule has 0 amide bonds. The lowest BCUT2D eigenvalue weighted by Crippen LogP contribution is -2.28. The van der Waals surface area contributed by atoms with Crippen LogP contribution in [0, 0.1) is 0 Å². The van der Waals surface area contributed by atoms with Crippen LogP contribution in [-0.4, -0.2) is 25.3 Å². The van der Waals surface area contributed by atoms with Gasteiger partial charge >= 0.3 is 0 Å². The van der Waals surface area contributed by atoms with E-state index in [0.717, 1.165) is 13.2 Å². The third-order valence-electron chi connectivity index (χ3n) is 3.98. The van der Waals surface area contributed by atoms with Crippen molar-refractivity contribution < 1.29 is 4.74 Å². The van der Waals surface area contributed by atoms with Gasteiger partial charge in [0.25, 0.3) is 0 Å². The zero-order valence-electron chi connectivity index (χ0n) is 12.6. The Morgan fingerprint density at radius 3 is 2.80 bits per heavy atom. The normalized spacial score (nSPS) is 20.5. The first-order valence-electron chi connectivity index (χ1n) is 7.76. The van der Waals surface area contributed by atoms with E-state index in [9.17, 15) is 0 Å². The van der Waals surface area contributed by atoms with E-state index in [-0.39, 0.29) is 0 Å². The molecule has 112 valence electrons. The van der Waals surface area contributed by atoms with Gasteiger partial charge < -0.3 is 10.1 Å². The molecule has 2 rings (SSSR count). The highest BCUT2D eigenvalue weighted by atomic mass is 79.9. The maximum Gasteiger partial charge on any atom is 0.0576 e. The highest BCUT2D eigenvalue weighted by molar-refractivity contribution is 9.10. The van der Waals surface area contributed by atoms with Crippen molar-refractivity contribution in [3.63, 3.8) is 0 Å². The molecule has 2 nitrogen and oxygen atoms in total. The summed E-state index contributed by atoms with van der Waals surface area (Å²) in [6, 6.07) is 9.13. The number of halogens is 1. The maximum atomic E-state index is 5.76. The second-order valence-electron chi connectivity index (χ2n) is 5.99. The minimum absolute atomic E-state index is 0.485. The van der Waals surface area contributed by atoms with Crippen molar-refractivity contribution in [2.45, 2.75) is 57.6 Å². The Kier molecular flexibility index (Phi) is 6.53. The highest BCUT2D eigenvalue weighted by Gasteiger charge is 2.20. The van der Waals surface area contributed by atoms with Gasteiger partial charge in [-0.15, -0.1) is 0 Å². The highest BCUT2D eigenvalue weighted by Crippen LogP contribution is 2.30. The van der Waals surface area contributed by atoms with Gasteiger partial charge in [-0.2, -0.15) is 0 Å². The molecule has 1 aromatic carbocycles. The van der Waals surface area contributed by atoms with Crippen LogP contribution in [-0.2, 0) is 4.74 Å². The van der Waals surface area contributed by atoms with Crippen LogP contribution in [0.3, 0.4) is 0 Å². The lowest BCUT2D eigenvalue weighted by molar-refractivity contribution is 0.100. The molecule has 2 unspecified atom stereocenters. The average molecular weight is 340 g/mol. The molecule has 20 heavy (non-hydrogen) atoms.